The summed E-state index contributed by atoms with van der Waals surface area (Å²) in [5.41, 5.74) is 3.40. The van der Waals surface area contributed by atoms with Gasteiger partial charge in [-0.1, -0.05) is 54.1 Å². The Bertz CT molecular complexity index is 1240. The zero-order valence-electron chi connectivity index (χ0n) is 17.0. The highest BCUT2D eigenvalue weighted by Crippen LogP contribution is 2.23. The summed E-state index contributed by atoms with van der Waals surface area (Å²) in [5.74, 6) is -0.441. The van der Waals surface area contributed by atoms with Gasteiger partial charge in [0, 0.05) is 22.4 Å². The van der Waals surface area contributed by atoms with Crippen molar-refractivity contribution >= 4 is 46.1 Å². The fourth-order valence-electron chi connectivity index (χ4n) is 3.18. The molecule has 0 spiro atoms. The fourth-order valence-corrected chi connectivity index (χ4v) is 4.22. The quantitative estimate of drug-likeness (QED) is 0.364. The first-order valence-corrected chi connectivity index (χ1v) is 11.3. The van der Waals surface area contributed by atoms with Crippen molar-refractivity contribution < 1.29 is 9.59 Å². The molecule has 1 heterocycles. The molecule has 5 nitrogen and oxygen atoms in total. The van der Waals surface area contributed by atoms with Crippen LogP contribution < -0.4 is 10.6 Å². The maximum absolute atomic E-state index is 12.6. The standard InChI is InChI=1S/C25H20ClN3O2S/c26-19-10-6-7-17(13-19)14-24-27-20(16-32-24)15-23(30)28-21-11-4-5-12-22(21)29-25(31)18-8-2-1-3-9-18/h1-13,16H,14-15H2,(H,28,30)(H,29,31). The minimum absolute atomic E-state index is 0.146. The van der Waals surface area contributed by atoms with Crippen LogP contribution in [0.1, 0.15) is 26.6 Å². The summed E-state index contributed by atoms with van der Waals surface area (Å²) < 4.78 is 0. The summed E-state index contributed by atoms with van der Waals surface area (Å²) in [6.07, 6.45) is 0.814. The molecule has 2 amide bonds. The van der Waals surface area contributed by atoms with Gasteiger partial charge < -0.3 is 10.6 Å². The number of hydrogen-bond donors (Lipinski definition) is 2. The summed E-state index contributed by atoms with van der Waals surface area (Å²) >= 11 is 7.56. The fraction of sp³-hybridized carbons (Fsp3) is 0.0800. The van der Waals surface area contributed by atoms with Crippen molar-refractivity contribution in [2.75, 3.05) is 10.6 Å². The van der Waals surface area contributed by atoms with Gasteiger partial charge in [0.2, 0.25) is 5.91 Å². The van der Waals surface area contributed by atoms with Crippen LogP contribution in [0.4, 0.5) is 11.4 Å². The molecule has 4 aromatic rings. The van der Waals surface area contributed by atoms with E-state index in [2.05, 4.69) is 15.6 Å². The number of halogens is 1. The second kappa shape index (κ2) is 10.2. The molecule has 4 rings (SSSR count). The monoisotopic (exact) mass is 461 g/mol. The third-order valence-corrected chi connectivity index (χ3v) is 5.80. The van der Waals surface area contributed by atoms with Crippen molar-refractivity contribution in [3.05, 3.63) is 111 Å². The molecule has 0 atom stereocenters. The molecule has 0 bridgehead atoms. The van der Waals surface area contributed by atoms with Crippen LogP contribution in [0.3, 0.4) is 0 Å². The summed E-state index contributed by atoms with van der Waals surface area (Å²) in [4.78, 5) is 29.7. The molecule has 0 saturated carbocycles. The highest BCUT2D eigenvalue weighted by atomic mass is 35.5. The van der Waals surface area contributed by atoms with Crippen molar-refractivity contribution in [1.82, 2.24) is 4.98 Å². The Balaban J connectivity index is 1.38. The summed E-state index contributed by atoms with van der Waals surface area (Å²) in [5, 5.41) is 9.23. The van der Waals surface area contributed by atoms with Gasteiger partial charge in [0.05, 0.1) is 28.5 Å². The van der Waals surface area contributed by atoms with Crippen molar-refractivity contribution in [1.29, 1.82) is 0 Å². The molecule has 2 N–H and O–H groups in total. The third-order valence-electron chi connectivity index (χ3n) is 4.67. The minimum Gasteiger partial charge on any atom is -0.324 e. The lowest BCUT2D eigenvalue weighted by Crippen LogP contribution is -2.18. The Morgan fingerprint density at radius 2 is 1.59 bits per heavy atom. The zero-order chi connectivity index (χ0) is 22.3. The van der Waals surface area contributed by atoms with E-state index < -0.39 is 0 Å². The Morgan fingerprint density at radius 1 is 0.875 bits per heavy atom. The first-order chi connectivity index (χ1) is 15.6. The number of carbonyl (C=O) groups excluding carboxylic acids is 2. The second-order valence-corrected chi connectivity index (χ2v) is 8.51. The predicted molar refractivity (Wildman–Crippen MR) is 130 cm³/mol. The van der Waals surface area contributed by atoms with Gasteiger partial charge in [-0.15, -0.1) is 11.3 Å². The largest absolute Gasteiger partial charge is 0.324 e. The SMILES string of the molecule is O=C(Cc1csc(Cc2cccc(Cl)c2)n1)Nc1ccccc1NC(=O)c1ccccc1. The number of para-hydroxylation sites is 2. The molecular weight excluding hydrogens is 442 g/mol. The molecule has 0 aliphatic carbocycles. The third kappa shape index (κ3) is 5.81. The topological polar surface area (TPSA) is 71.1 Å². The Morgan fingerprint density at radius 3 is 2.34 bits per heavy atom. The van der Waals surface area contributed by atoms with Gasteiger partial charge in [-0.3, -0.25) is 9.59 Å². The molecule has 1 aromatic heterocycles. The number of thiazole rings is 1. The Hall–Kier alpha value is -3.48. The molecule has 0 saturated heterocycles. The van der Waals surface area contributed by atoms with Crippen molar-refractivity contribution in [2.24, 2.45) is 0 Å². The number of amides is 2. The number of nitrogens with one attached hydrogen (secondary N) is 2. The van der Waals surface area contributed by atoms with Crippen LogP contribution in [0.25, 0.3) is 0 Å². The van der Waals surface area contributed by atoms with E-state index in [1.807, 2.05) is 35.7 Å². The lowest BCUT2D eigenvalue weighted by Gasteiger charge is -2.12. The predicted octanol–water partition coefficient (Wildman–Crippen LogP) is 5.82. The number of carbonyl (C=O) groups is 2. The molecule has 32 heavy (non-hydrogen) atoms. The van der Waals surface area contributed by atoms with E-state index in [4.69, 9.17) is 11.6 Å². The summed E-state index contributed by atoms with van der Waals surface area (Å²) in [6, 6.07) is 23.7. The molecule has 3 aromatic carbocycles. The van der Waals surface area contributed by atoms with Crippen LogP contribution in [0.2, 0.25) is 5.02 Å². The lowest BCUT2D eigenvalue weighted by atomic mass is 10.2. The molecule has 0 aliphatic rings. The van der Waals surface area contributed by atoms with E-state index in [1.54, 1.807) is 48.5 Å². The number of rotatable bonds is 7. The Kier molecular flexibility index (Phi) is 6.94. The first kappa shape index (κ1) is 21.7. The lowest BCUT2D eigenvalue weighted by molar-refractivity contribution is -0.115. The van der Waals surface area contributed by atoms with Crippen LogP contribution in [0.15, 0.2) is 84.2 Å². The smallest absolute Gasteiger partial charge is 0.255 e. The molecule has 7 heteroatoms. The van der Waals surface area contributed by atoms with Gasteiger partial charge >= 0.3 is 0 Å². The van der Waals surface area contributed by atoms with Gasteiger partial charge in [0.1, 0.15) is 0 Å². The van der Waals surface area contributed by atoms with Crippen LogP contribution in [-0.4, -0.2) is 16.8 Å². The highest BCUT2D eigenvalue weighted by molar-refractivity contribution is 7.09. The summed E-state index contributed by atoms with van der Waals surface area (Å²) in [7, 11) is 0. The van der Waals surface area contributed by atoms with Crippen molar-refractivity contribution in [3.63, 3.8) is 0 Å². The maximum Gasteiger partial charge on any atom is 0.255 e. The Labute approximate surface area is 195 Å². The van der Waals surface area contributed by atoms with Gasteiger partial charge in [0.15, 0.2) is 0 Å². The molecular formula is C25H20ClN3O2S. The molecule has 160 valence electrons. The highest BCUT2D eigenvalue weighted by Gasteiger charge is 2.13. The van der Waals surface area contributed by atoms with E-state index >= 15 is 0 Å². The average molecular weight is 462 g/mol. The van der Waals surface area contributed by atoms with Crippen LogP contribution in [0.5, 0.6) is 0 Å². The zero-order valence-corrected chi connectivity index (χ0v) is 18.6. The number of aromatic nitrogens is 1. The minimum atomic E-state index is -0.238. The van der Waals surface area contributed by atoms with Crippen LogP contribution in [-0.2, 0) is 17.6 Å². The number of benzene rings is 3. The second-order valence-electron chi connectivity index (χ2n) is 7.13. The summed E-state index contributed by atoms with van der Waals surface area (Å²) in [6.45, 7) is 0. The number of hydrogen-bond acceptors (Lipinski definition) is 4. The van der Waals surface area contributed by atoms with Crippen molar-refractivity contribution in [3.8, 4) is 0 Å². The van der Waals surface area contributed by atoms with Gasteiger partial charge in [-0.05, 0) is 42.0 Å². The van der Waals surface area contributed by atoms with E-state index in [-0.39, 0.29) is 18.2 Å². The molecule has 0 radical (unpaired) electrons. The average Bonchev–Trinajstić information content (AvgIpc) is 3.22. The van der Waals surface area contributed by atoms with E-state index in [1.165, 1.54) is 11.3 Å². The van der Waals surface area contributed by atoms with Crippen molar-refractivity contribution in [2.45, 2.75) is 12.8 Å². The first-order valence-electron chi connectivity index (χ1n) is 10.00. The maximum atomic E-state index is 12.6. The van der Waals surface area contributed by atoms with Gasteiger partial charge in [-0.25, -0.2) is 4.98 Å². The van der Waals surface area contributed by atoms with Gasteiger partial charge in [-0.2, -0.15) is 0 Å². The normalized spacial score (nSPS) is 10.5. The van der Waals surface area contributed by atoms with E-state index in [0.717, 1.165) is 10.6 Å². The molecule has 0 aliphatic heterocycles. The van der Waals surface area contributed by atoms with Gasteiger partial charge in [0.25, 0.3) is 5.91 Å². The van der Waals surface area contributed by atoms with Crippen LogP contribution >= 0.6 is 22.9 Å². The molecule has 0 unspecified atom stereocenters. The van der Waals surface area contributed by atoms with E-state index in [0.29, 0.717) is 34.1 Å². The van der Waals surface area contributed by atoms with E-state index in [9.17, 15) is 9.59 Å². The molecule has 0 fully saturated rings. The number of anilines is 2. The van der Waals surface area contributed by atoms with Crippen LogP contribution in [0, 0.1) is 0 Å². The number of nitrogens with zero attached hydrogens (tertiary/aromatic N) is 1.